The number of hydrogen-bond acceptors (Lipinski definition) is 5. The van der Waals surface area contributed by atoms with Crippen molar-refractivity contribution in [1.29, 1.82) is 0 Å². The van der Waals surface area contributed by atoms with Crippen LogP contribution >= 0.6 is 46.9 Å². The lowest BCUT2D eigenvalue weighted by atomic mass is 10.1. The summed E-state index contributed by atoms with van der Waals surface area (Å²) in [7, 11) is -3.58. The molecule has 1 rings (SSSR count). The zero-order valence-corrected chi connectivity index (χ0v) is 20.5. The lowest BCUT2D eigenvalue weighted by Gasteiger charge is -2.20. The first kappa shape index (κ1) is 26.4. The van der Waals surface area contributed by atoms with E-state index in [1.807, 2.05) is 27.7 Å². The van der Waals surface area contributed by atoms with Crippen LogP contribution in [0.25, 0.3) is 0 Å². The van der Waals surface area contributed by atoms with E-state index in [0.717, 1.165) is 11.3 Å². The number of aliphatic imine (C=N–C) groups is 1. The molecule has 1 amide bonds. The van der Waals surface area contributed by atoms with E-state index in [0.29, 0.717) is 23.4 Å². The molecule has 1 heterocycles. The predicted octanol–water partition coefficient (Wildman–Crippen LogP) is 1.77. The monoisotopic (exact) mass is 551 g/mol. The number of carbonyl (C=O) groups excluding carboxylic acids is 1. The molecule has 0 bridgehead atoms. The van der Waals surface area contributed by atoms with Crippen molar-refractivity contribution < 1.29 is 13.2 Å². The maximum Gasteiger partial charge on any atom is 0.250 e. The Morgan fingerprint density at radius 1 is 1.22 bits per heavy atom. The van der Waals surface area contributed by atoms with Crippen molar-refractivity contribution in [3.8, 4) is 0 Å². The fourth-order valence-electron chi connectivity index (χ4n) is 1.83. The average molecular weight is 552 g/mol. The molecule has 1 aromatic heterocycles. The first-order valence-corrected chi connectivity index (χ1v) is 10.8. The molecule has 0 saturated carbocycles. The molecule has 1 aromatic rings. The summed E-state index contributed by atoms with van der Waals surface area (Å²) in [5.74, 6) is 0.250. The summed E-state index contributed by atoms with van der Waals surface area (Å²) in [5, 5.41) is 8.80. The van der Waals surface area contributed by atoms with Gasteiger partial charge >= 0.3 is 0 Å². The highest BCUT2D eigenvalue weighted by Crippen LogP contribution is 2.25. The summed E-state index contributed by atoms with van der Waals surface area (Å²) in [6, 6.07) is 3.00. The highest BCUT2D eigenvalue weighted by Gasteiger charge is 2.16. The minimum atomic E-state index is -3.58. The molecule has 0 fully saturated rings. The van der Waals surface area contributed by atoms with Crippen molar-refractivity contribution in [2.24, 2.45) is 4.99 Å². The third-order valence-electron chi connectivity index (χ3n) is 2.76. The van der Waals surface area contributed by atoms with Crippen LogP contribution in [0, 0.1) is 0 Å². The topological polar surface area (TPSA) is 112 Å². The zero-order chi connectivity index (χ0) is 19.8. The Labute approximate surface area is 187 Å². The molecule has 156 valence electrons. The Kier molecular flexibility index (Phi) is 11.8. The SMILES string of the molecule is CCNC(=NCC(=O)NC(C)(C)C)NCCNS(=O)(=O)c1ccc(Cl)s1.I. The minimum Gasteiger partial charge on any atom is -0.357 e. The molecule has 0 aliphatic heterocycles. The van der Waals surface area contributed by atoms with Gasteiger partial charge in [-0.15, -0.1) is 35.3 Å². The third-order valence-corrected chi connectivity index (χ3v) is 5.95. The molecule has 4 N–H and O–H groups in total. The normalized spacial score (nSPS) is 12.3. The molecular formula is C15H27ClIN5O3S2. The van der Waals surface area contributed by atoms with E-state index in [1.54, 1.807) is 0 Å². The summed E-state index contributed by atoms with van der Waals surface area (Å²) in [5.41, 5.74) is -0.318. The lowest BCUT2D eigenvalue weighted by Crippen LogP contribution is -2.44. The molecule has 0 aromatic carbocycles. The highest BCUT2D eigenvalue weighted by molar-refractivity contribution is 14.0. The molecule has 0 aliphatic carbocycles. The number of guanidine groups is 1. The van der Waals surface area contributed by atoms with E-state index in [1.165, 1.54) is 12.1 Å². The lowest BCUT2D eigenvalue weighted by molar-refractivity contribution is -0.121. The van der Waals surface area contributed by atoms with Gasteiger partial charge in [0.05, 0.1) is 4.34 Å². The van der Waals surface area contributed by atoms with Gasteiger partial charge in [-0.05, 0) is 39.8 Å². The molecule has 27 heavy (non-hydrogen) atoms. The minimum absolute atomic E-state index is 0. The number of amides is 1. The van der Waals surface area contributed by atoms with Crippen LogP contribution in [0.5, 0.6) is 0 Å². The second-order valence-electron chi connectivity index (χ2n) is 6.38. The Morgan fingerprint density at radius 3 is 2.41 bits per heavy atom. The molecule has 0 atom stereocenters. The van der Waals surface area contributed by atoms with E-state index < -0.39 is 10.0 Å². The molecule has 12 heteroatoms. The first-order chi connectivity index (χ1) is 12.0. The number of rotatable bonds is 8. The van der Waals surface area contributed by atoms with Gasteiger partial charge in [-0.3, -0.25) is 4.79 Å². The van der Waals surface area contributed by atoms with E-state index >= 15 is 0 Å². The molecule has 0 radical (unpaired) electrons. The number of thiophene rings is 1. The second-order valence-corrected chi connectivity index (χ2v) is 10.1. The van der Waals surface area contributed by atoms with E-state index in [2.05, 4.69) is 25.7 Å². The molecule has 0 unspecified atom stereocenters. The van der Waals surface area contributed by atoms with Crippen molar-refractivity contribution >= 4 is 68.8 Å². The number of nitrogens with one attached hydrogen (secondary N) is 4. The number of carbonyl (C=O) groups is 1. The van der Waals surface area contributed by atoms with Gasteiger partial charge in [0, 0.05) is 25.2 Å². The van der Waals surface area contributed by atoms with E-state index in [4.69, 9.17) is 11.6 Å². The molecule has 8 nitrogen and oxygen atoms in total. The van der Waals surface area contributed by atoms with Gasteiger partial charge in [0.2, 0.25) is 15.9 Å². The number of hydrogen-bond donors (Lipinski definition) is 4. The molecular weight excluding hydrogens is 525 g/mol. The van der Waals surface area contributed by atoms with Crippen LogP contribution in [0.3, 0.4) is 0 Å². The molecule has 0 saturated heterocycles. The van der Waals surface area contributed by atoms with Crippen molar-refractivity contribution in [3.05, 3.63) is 16.5 Å². The van der Waals surface area contributed by atoms with Gasteiger partial charge < -0.3 is 16.0 Å². The third kappa shape index (κ3) is 11.1. The van der Waals surface area contributed by atoms with Gasteiger partial charge in [0.15, 0.2) is 5.96 Å². The highest BCUT2D eigenvalue weighted by atomic mass is 127. The van der Waals surface area contributed by atoms with Crippen molar-refractivity contribution in [2.75, 3.05) is 26.2 Å². The van der Waals surface area contributed by atoms with Gasteiger partial charge in [-0.25, -0.2) is 18.1 Å². The van der Waals surface area contributed by atoms with Crippen LogP contribution in [0.4, 0.5) is 0 Å². The van der Waals surface area contributed by atoms with E-state index in [-0.39, 0.29) is 52.7 Å². The van der Waals surface area contributed by atoms with Crippen molar-refractivity contribution in [3.63, 3.8) is 0 Å². The largest absolute Gasteiger partial charge is 0.357 e. The first-order valence-electron chi connectivity index (χ1n) is 8.11. The van der Waals surface area contributed by atoms with Gasteiger partial charge in [0.1, 0.15) is 10.8 Å². The van der Waals surface area contributed by atoms with Gasteiger partial charge in [0.25, 0.3) is 0 Å². The van der Waals surface area contributed by atoms with Gasteiger partial charge in [-0.1, -0.05) is 11.6 Å². The van der Waals surface area contributed by atoms with Crippen molar-refractivity contribution in [2.45, 2.75) is 37.4 Å². The standard InChI is InChI=1S/C15H26ClN5O3S2.HI/c1-5-17-14(19-10-12(22)21-15(2,3)4)18-8-9-20-26(23,24)13-7-6-11(16)25-13;/h6-7,20H,5,8-10H2,1-4H3,(H,21,22)(H2,17,18,19);1H. The second kappa shape index (κ2) is 12.0. The fourth-order valence-corrected chi connectivity index (χ4v) is 4.39. The van der Waals surface area contributed by atoms with Crippen LogP contribution in [0.2, 0.25) is 4.34 Å². The summed E-state index contributed by atoms with van der Waals surface area (Å²) in [4.78, 5) is 16.0. The summed E-state index contributed by atoms with van der Waals surface area (Å²) < 4.78 is 27.2. The van der Waals surface area contributed by atoms with Crippen LogP contribution in [0.15, 0.2) is 21.3 Å². The Morgan fingerprint density at radius 2 is 1.89 bits per heavy atom. The predicted molar refractivity (Wildman–Crippen MR) is 122 cm³/mol. The Hall–Kier alpha value is -0.630. The molecule has 0 aliphatic rings. The Bertz CT molecular complexity index is 732. The van der Waals surface area contributed by atoms with Crippen LogP contribution in [0.1, 0.15) is 27.7 Å². The quantitative estimate of drug-likeness (QED) is 0.170. The Balaban J connectivity index is 0.00000676. The summed E-state index contributed by atoms with van der Waals surface area (Å²) in [6.45, 7) is 8.65. The molecule has 0 spiro atoms. The summed E-state index contributed by atoms with van der Waals surface area (Å²) in [6.07, 6.45) is 0. The maximum absolute atomic E-state index is 12.1. The number of nitrogens with zero attached hydrogens (tertiary/aromatic N) is 1. The van der Waals surface area contributed by atoms with Crippen LogP contribution < -0.4 is 20.7 Å². The zero-order valence-electron chi connectivity index (χ0n) is 15.8. The summed E-state index contributed by atoms with van der Waals surface area (Å²) >= 11 is 6.76. The van der Waals surface area contributed by atoms with Crippen LogP contribution in [-0.4, -0.2) is 52.0 Å². The average Bonchev–Trinajstić information content (AvgIpc) is 2.94. The van der Waals surface area contributed by atoms with Crippen LogP contribution in [-0.2, 0) is 14.8 Å². The van der Waals surface area contributed by atoms with E-state index in [9.17, 15) is 13.2 Å². The number of sulfonamides is 1. The fraction of sp³-hybridized carbons (Fsp3) is 0.600. The number of halogens is 2. The van der Waals surface area contributed by atoms with Gasteiger partial charge in [-0.2, -0.15) is 0 Å². The maximum atomic E-state index is 12.1. The smallest absolute Gasteiger partial charge is 0.250 e. The van der Waals surface area contributed by atoms with Crippen molar-refractivity contribution in [1.82, 2.24) is 20.7 Å².